The van der Waals surface area contributed by atoms with E-state index in [9.17, 15) is 0 Å². The van der Waals surface area contributed by atoms with Gasteiger partial charge in [0.25, 0.3) is 0 Å². The maximum Gasteiger partial charge on any atom is 0.156 e. The van der Waals surface area contributed by atoms with Crippen LogP contribution in [0.5, 0.6) is 5.75 Å². The molecule has 22 heavy (non-hydrogen) atoms. The fourth-order valence-electron chi connectivity index (χ4n) is 2.19. The molecular formula is C18H21Cl2NO. The van der Waals surface area contributed by atoms with Crippen molar-refractivity contribution < 1.29 is 4.74 Å². The summed E-state index contributed by atoms with van der Waals surface area (Å²) in [5.74, 6) is 0.554. The number of ether oxygens (including phenoxy) is 1. The highest BCUT2D eigenvalue weighted by Crippen LogP contribution is 2.35. The third-order valence-electron chi connectivity index (χ3n) is 3.32. The van der Waals surface area contributed by atoms with Crippen LogP contribution in [0.2, 0.25) is 10.0 Å². The summed E-state index contributed by atoms with van der Waals surface area (Å²) in [6.45, 7) is 6.72. The summed E-state index contributed by atoms with van der Waals surface area (Å²) in [5.41, 5.74) is 2.29. The van der Waals surface area contributed by atoms with Crippen LogP contribution in [0.1, 0.15) is 37.9 Å². The van der Waals surface area contributed by atoms with E-state index in [-0.39, 0.29) is 12.1 Å². The molecule has 0 aromatic heterocycles. The minimum atomic E-state index is 0.0390. The SMILES string of the molecule is CC(C)Oc1c(Cl)cc(CN[C@@H](C)c2ccccc2)cc1Cl. The molecule has 0 saturated heterocycles. The van der Waals surface area contributed by atoms with Crippen molar-refractivity contribution in [2.45, 2.75) is 39.5 Å². The van der Waals surface area contributed by atoms with Crippen molar-refractivity contribution >= 4 is 23.2 Å². The quantitative estimate of drug-likeness (QED) is 0.737. The highest BCUT2D eigenvalue weighted by Gasteiger charge is 2.12. The zero-order valence-corrected chi connectivity index (χ0v) is 14.6. The molecule has 1 atom stereocenters. The van der Waals surface area contributed by atoms with Gasteiger partial charge in [-0.1, -0.05) is 53.5 Å². The van der Waals surface area contributed by atoms with Crippen LogP contribution in [0.4, 0.5) is 0 Å². The Bertz CT molecular complexity index is 591. The molecule has 0 fully saturated rings. The summed E-state index contributed by atoms with van der Waals surface area (Å²) in [6, 6.07) is 14.4. The van der Waals surface area contributed by atoms with E-state index in [2.05, 4.69) is 24.4 Å². The number of nitrogens with one attached hydrogen (secondary N) is 1. The highest BCUT2D eigenvalue weighted by molar-refractivity contribution is 6.37. The average Bonchev–Trinajstić information content (AvgIpc) is 2.49. The van der Waals surface area contributed by atoms with Gasteiger partial charge in [-0.15, -0.1) is 0 Å². The first-order chi connectivity index (χ1) is 10.5. The van der Waals surface area contributed by atoms with Gasteiger partial charge in [0, 0.05) is 12.6 Å². The maximum absolute atomic E-state index is 6.27. The summed E-state index contributed by atoms with van der Waals surface area (Å²) in [4.78, 5) is 0. The Labute approximate surface area is 142 Å². The van der Waals surface area contributed by atoms with Crippen LogP contribution in [0.3, 0.4) is 0 Å². The van der Waals surface area contributed by atoms with Crippen LogP contribution in [-0.2, 0) is 6.54 Å². The van der Waals surface area contributed by atoms with Gasteiger partial charge in [0.1, 0.15) is 0 Å². The Morgan fingerprint density at radius 1 is 1.00 bits per heavy atom. The molecule has 2 rings (SSSR count). The number of benzene rings is 2. The van der Waals surface area contributed by atoms with Crippen LogP contribution in [0.25, 0.3) is 0 Å². The Morgan fingerprint density at radius 2 is 1.59 bits per heavy atom. The van der Waals surface area contributed by atoms with E-state index in [1.165, 1.54) is 5.56 Å². The fourth-order valence-corrected chi connectivity index (χ4v) is 2.81. The van der Waals surface area contributed by atoms with Gasteiger partial charge in [0.15, 0.2) is 5.75 Å². The smallest absolute Gasteiger partial charge is 0.156 e. The van der Waals surface area contributed by atoms with E-state index < -0.39 is 0 Å². The molecule has 1 N–H and O–H groups in total. The van der Waals surface area contributed by atoms with E-state index in [1.807, 2.05) is 44.2 Å². The Hall–Kier alpha value is -1.22. The third kappa shape index (κ3) is 4.64. The first kappa shape index (κ1) is 17.1. The number of hydrogen-bond donors (Lipinski definition) is 1. The van der Waals surface area contributed by atoms with Gasteiger partial charge >= 0.3 is 0 Å². The van der Waals surface area contributed by atoms with Crippen molar-refractivity contribution in [3.05, 3.63) is 63.6 Å². The van der Waals surface area contributed by atoms with E-state index in [0.717, 1.165) is 5.56 Å². The van der Waals surface area contributed by atoms with Crippen molar-refractivity contribution in [2.75, 3.05) is 0 Å². The molecule has 0 unspecified atom stereocenters. The summed E-state index contributed by atoms with van der Waals surface area (Å²) in [7, 11) is 0. The topological polar surface area (TPSA) is 21.3 Å². The molecular weight excluding hydrogens is 317 g/mol. The standard InChI is InChI=1S/C18H21Cl2NO/c1-12(2)22-18-16(19)9-14(10-17(18)20)11-21-13(3)15-7-5-4-6-8-15/h4-10,12-13,21H,11H2,1-3H3/t13-/m0/s1. The predicted octanol–water partition coefficient (Wildman–Crippen LogP) is 5.63. The largest absolute Gasteiger partial charge is 0.488 e. The summed E-state index contributed by atoms with van der Waals surface area (Å²) in [5, 5.41) is 4.57. The van der Waals surface area contributed by atoms with Crippen molar-refractivity contribution in [1.82, 2.24) is 5.32 Å². The van der Waals surface area contributed by atoms with Gasteiger partial charge in [-0.05, 0) is 44.0 Å². The number of halogens is 2. The van der Waals surface area contributed by atoms with Crippen molar-refractivity contribution in [3.8, 4) is 5.75 Å². The maximum atomic E-state index is 6.27. The molecule has 0 spiro atoms. The Kier molecular flexibility index (Phi) is 6.13. The zero-order chi connectivity index (χ0) is 16.1. The van der Waals surface area contributed by atoms with Gasteiger partial charge in [-0.25, -0.2) is 0 Å². The third-order valence-corrected chi connectivity index (χ3v) is 3.89. The van der Waals surface area contributed by atoms with E-state index in [4.69, 9.17) is 27.9 Å². The lowest BCUT2D eigenvalue weighted by atomic mass is 10.1. The second-order valence-electron chi connectivity index (χ2n) is 5.57. The second kappa shape index (κ2) is 7.87. The molecule has 0 radical (unpaired) electrons. The van der Waals surface area contributed by atoms with Crippen LogP contribution in [0, 0.1) is 0 Å². The zero-order valence-electron chi connectivity index (χ0n) is 13.1. The molecule has 4 heteroatoms. The first-order valence-electron chi connectivity index (χ1n) is 7.40. The first-order valence-corrected chi connectivity index (χ1v) is 8.16. The lowest BCUT2D eigenvalue weighted by Gasteiger charge is -2.17. The molecule has 0 heterocycles. The Balaban J connectivity index is 2.05. The van der Waals surface area contributed by atoms with Crippen molar-refractivity contribution in [1.29, 1.82) is 0 Å². The fraction of sp³-hybridized carbons (Fsp3) is 0.333. The average molecular weight is 338 g/mol. The van der Waals surface area contributed by atoms with Crippen LogP contribution < -0.4 is 10.1 Å². The molecule has 2 aromatic carbocycles. The lowest BCUT2D eigenvalue weighted by molar-refractivity contribution is 0.242. The molecule has 0 bridgehead atoms. The molecule has 0 amide bonds. The van der Waals surface area contributed by atoms with E-state index in [1.54, 1.807) is 0 Å². The number of hydrogen-bond acceptors (Lipinski definition) is 2. The van der Waals surface area contributed by atoms with Crippen LogP contribution in [0.15, 0.2) is 42.5 Å². The molecule has 0 aliphatic carbocycles. The van der Waals surface area contributed by atoms with Gasteiger partial charge in [0.05, 0.1) is 16.1 Å². The molecule has 118 valence electrons. The van der Waals surface area contributed by atoms with Crippen LogP contribution in [-0.4, -0.2) is 6.10 Å². The van der Waals surface area contributed by atoms with Gasteiger partial charge in [-0.2, -0.15) is 0 Å². The Morgan fingerprint density at radius 3 is 2.14 bits per heavy atom. The molecule has 0 aliphatic rings. The predicted molar refractivity (Wildman–Crippen MR) is 93.9 cm³/mol. The van der Waals surface area contributed by atoms with Gasteiger partial charge in [-0.3, -0.25) is 0 Å². The molecule has 2 aromatic rings. The monoisotopic (exact) mass is 337 g/mol. The summed E-state index contributed by atoms with van der Waals surface area (Å²) < 4.78 is 5.64. The minimum Gasteiger partial charge on any atom is -0.488 e. The van der Waals surface area contributed by atoms with Crippen molar-refractivity contribution in [2.24, 2.45) is 0 Å². The van der Waals surface area contributed by atoms with Gasteiger partial charge in [0.2, 0.25) is 0 Å². The summed E-state index contributed by atoms with van der Waals surface area (Å²) >= 11 is 12.5. The molecule has 2 nitrogen and oxygen atoms in total. The molecule has 0 saturated carbocycles. The molecule has 0 aliphatic heterocycles. The second-order valence-corrected chi connectivity index (χ2v) is 6.38. The van der Waals surface area contributed by atoms with E-state index >= 15 is 0 Å². The van der Waals surface area contributed by atoms with Crippen LogP contribution >= 0.6 is 23.2 Å². The normalized spacial score (nSPS) is 12.5. The lowest BCUT2D eigenvalue weighted by Crippen LogP contribution is -2.18. The van der Waals surface area contributed by atoms with Gasteiger partial charge < -0.3 is 10.1 Å². The highest BCUT2D eigenvalue weighted by atomic mass is 35.5. The summed E-state index contributed by atoms with van der Waals surface area (Å²) in [6.07, 6.45) is 0.0390. The number of rotatable bonds is 6. The minimum absolute atomic E-state index is 0.0390. The van der Waals surface area contributed by atoms with E-state index in [0.29, 0.717) is 22.3 Å². The van der Waals surface area contributed by atoms with Crippen molar-refractivity contribution in [3.63, 3.8) is 0 Å².